The highest BCUT2D eigenvalue weighted by Gasteiger charge is 2.37. The van der Waals surface area contributed by atoms with Crippen LogP contribution in [0.5, 0.6) is 5.75 Å². The Kier molecular flexibility index (Phi) is 6.10. The summed E-state index contributed by atoms with van der Waals surface area (Å²) >= 11 is 0. The summed E-state index contributed by atoms with van der Waals surface area (Å²) in [4.78, 5) is 21.8. The molecule has 0 atom stereocenters. The normalized spacial score (nSPS) is 19.9. The third-order valence-corrected chi connectivity index (χ3v) is 7.54. The molecule has 0 amide bonds. The lowest BCUT2D eigenvalue weighted by Crippen LogP contribution is -2.44. The van der Waals surface area contributed by atoms with Crippen LogP contribution in [0.15, 0.2) is 41.2 Å². The van der Waals surface area contributed by atoms with Crippen molar-refractivity contribution in [2.24, 2.45) is 7.05 Å². The molecule has 35 heavy (non-hydrogen) atoms. The van der Waals surface area contributed by atoms with Gasteiger partial charge in [-0.2, -0.15) is 5.26 Å². The monoisotopic (exact) mass is 475 g/mol. The molecule has 2 heterocycles. The number of hydrogen-bond donors (Lipinski definition) is 0. The van der Waals surface area contributed by atoms with Crippen LogP contribution in [0.4, 0.5) is 15.8 Å². The molecule has 0 bridgehead atoms. The number of halogens is 1. The van der Waals surface area contributed by atoms with Crippen molar-refractivity contribution in [3.05, 3.63) is 58.3 Å². The minimum Gasteiger partial charge on any atom is -0.494 e. The van der Waals surface area contributed by atoms with Gasteiger partial charge in [0.25, 0.3) is 5.56 Å². The van der Waals surface area contributed by atoms with Crippen molar-refractivity contribution < 1.29 is 9.13 Å². The standard InChI is InChI=1S/C27H30FN5O2/c1-31(24-15-26(34)32(2)23-13-4-17(16-29)30-27(23)24)18-5-7-19(8-6-18)33(20-9-10-20)21-11-12-22(28)25(14-21)35-3/h4,11-15,18-20H,5-10H2,1-3H3/t18-,19-. The van der Waals surface area contributed by atoms with Gasteiger partial charge < -0.3 is 19.1 Å². The van der Waals surface area contributed by atoms with E-state index in [1.165, 1.54) is 13.2 Å². The zero-order valence-corrected chi connectivity index (χ0v) is 20.4. The molecule has 5 rings (SSSR count). The van der Waals surface area contributed by atoms with Gasteiger partial charge in [0, 0.05) is 50.0 Å². The predicted molar refractivity (Wildman–Crippen MR) is 135 cm³/mol. The van der Waals surface area contributed by atoms with Gasteiger partial charge in [-0.05, 0) is 62.8 Å². The van der Waals surface area contributed by atoms with Crippen LogP contribution in [-0.4, -0.2) is 41.8 Å². The van der Waals surface area contributed by atoms with Crippen LogP contribution in [0, 0.1) is 17.1 Å². The molecule has 8 heteroatoms. The largest absolute Gasteiger partial charge is 0.494 e. The van der Waals surface area contributed by atoms with Gasteiger partial charge in [0.05, 0.1) is 18.3 Å². The molecular weight excluding hydrogens is 445 g/mol. The Bertz CT molecular complexity index is 1350. The third-order valence-electron chi connectivity index (χ3n) is 7.54. The highest BCUT2D eigenvalue weighted by Crippen LogP contribution is 2.40. The van der Waals surface area contributed by atoms with E-state index in [2.05, 4.69) is 20.9 Å². The first-order valence-corrected chi connectivity index (χ1v) is 12.2. The number of hydrogen-bond acceptors (Lipinski definition) is 6. The molecule has 0 aliphatic heterocycles. The summed E-state index contributed by atoms with van der Waals surface area (Å²) in [6.45, 7) is 0. The Balaban J connectivity index is 1.38. The lowest BCUT2D eigenvalue weighted by atomic mass is 9.88. The Morgan fingerprint density at radius 3 is 2.34 bits per heavy atom. The summed E-state index contributed by atoms with van der Waals surface area (Å²) in [5.41, 5.74) is 3.43. The Morgan fingerprint density at radius 2 is 1.71 bits per heavy atom. The molecule has 2 aliphatic rings. The zero-order chi connectivity index (χ0) is 24.7. The fraction of sp³-hybridized carbons (Fsp3) is 0.444. The van der Waals surface area contributed by atoms with E-state index in [4.69, 9.17) is 4.74 Å². The number of pyridine rings is 2. The van der Waals surface area contributed by atoms with Crippen LogP contribution in [0.1, 0.15) is 44.2 Å². The average molecular weight is 476 g/mol. The van der Waals surface area contributed by atoms with Crippen molar-refractivity contribution >= 4 is 22.4 Å². The maximum Gasteiger partial charge on any atom is 0.252 e. The maximum atomic E-state index is 14.0. The second-order valence-electron chi connectivity index (χ2n) is 9.63. The molecule has 182 valence electrons. The first-order valence-electron chi connectivity index (χ1n) is 12.2. The lowest BCUT2D eigenvalue weighted by molar-refractivity contribution is 0.364. The van der Waals surface area contributed by atoms with Gasteiger partial charge in [-0.1, -0.05) is 0 Å². The first-order chi connectivity index (χ1) is 16.9. The van der Waals surface area contributed by atoms with Crippen LogP contribution < -0.4 is 20.1 Å². The molecule has 2 aliphatic carbocycles. The van der Waals surface area contributed by atoms with Crippen molar-refractivity contribution in [3.63, 3.8) is 0 Å². The molecule has 7 nitrogen and oxygen atoms in total. The number of aryl methyl sites for hydroxylation is 1. The molecular formula is C27H30FN5O2. The summed E-state index contributed by atoms with van der Waals surface area (Å²) in [6, 6.07) is 13.5. The maximum absolute atomic E-state index is 14.0. The van der Waals surface area contributed by atoms with Crippen molar-refractivity contribution in [1.82, 2.24) is 9.55 Å². The summed E-state index contributed by atoms with van der Waals surface area (Å²) in [7, 11) is 5.24. The van der Waals surface area contributed by atoms with E-state index < -0.39 is 0 Å². The highest BCUT2D eigenvalue weighted by atomic mass is 19.1. The van der Waals surface area contributed by atoms with Crippen LogP contribution in [0.3, 0.4) is 0 Å². The van der Waals surface area contributed by atoms with E-state index in [0.29, 0.717) is 23.3 Å². The fourth-order valence-electron chi connectivity index (χ4n) is 5.44. The van der Waals surface area contributed by atoms with Gasteiger partial charge in [0.2, 0.25) is 0 Å². The predicted octanol–water partition coefficient (Wildman–Crippen LogP) is 4.37. The first kappa shape index (κ1) is 23.2. The van der Waals surface area contributed by atoms with Gasteiger partial charge in [-0.3, -0.25) is 4.79 Å². The van der Waals surface area contributed by atoms with Crippen LogP contribution in [0.2, 0.25) is 0 Å². The number of anilines is 2. The smallest absolute Gasteiger partial charge is 0.252 e. The number of nitriles is 1. The van der Waals surface area contributed by atoms with Crippen LogP contribution in [0.25, 0.3) is 11.0 Å². The summed E-state index contributed by atoms with van der Waals surface area (Å²) in [5.74, 6) is -0.0601. The van der Waals surface area contributed by atoms with Crippen LogP contribution in [-0.2, 0) is 7.05 Å². The molecule has 2 fully saturated rings. The quantitative estimate of drug-likeness (QED) is 0.527. The molecule has 3 aromatic rings. The van der Waals surface area contributed by atoms with Gasteiger partial charge in [0.15, 0.2) is 11.6 Å². The van der Waals surface area contributed by atoms with Crippen molar-refractivity contribution in [3.8, 4) is 11.8 Å². The van der Waals surface area contributed by atoms with E-state index in [-0.39, 0.29) is 23.2 Å². The molecule has 2 saturated carbocycles. The number of fused-ring (bicyclic) bond motifs is 1. The molecule has 0 saturated heterocycles. The highest BCUT2D eigenvalue weighted by molar-refractivity contribution is 5.88. The summed E-state index contributed by atoms with van der Waals surface area (Å²) < 4.78 is 20.8. The molecule has 0 radical (unpaired) electrons. The van der Waals surface area contributed by atoms with E-state index in [1.807, 2.05) is 19.2 Å². The second-order valence-corrected chi connectivity index (χ2v) is 9.63. The molecule has 0 unspecified atom stereocenters. The molecule has 1 aromatic carbocycles. The minimum atomic E-state index is -0.341. The number of benzene rings is 1. The Hall–Kier alpha value is -3.60. The van der Waals surface area contributed by atoms with Gasteiger partial charge in [0.1, 0.15) is 17.3 Å². The molecule has 0 N–H and O–H groups in total. The SMILES string of the molecule is COc1cc(N(C2CC2)[C@H]2CC[C@H](N(C)c3cc(=O)n(C)c4ccc(C#N)nc34)CC2)ccc1F. The Morgan fingerprint density at radius 1 is 1.06 bits per heavy atom. The van der Waals surface area contributed by atoms with Gasteiger partial charge >= 0.3 is 0 Å². The van der Waals surface area contributed by atoms with Gasteiger partial charge in [-0.25, -0.2) is 9.37 Å². The third kappa shape index (κ3) is 4.31. The van der Waals surface area contributed by atoms with Crippen molar-refractivity contribution in [1.29, 1.82) is 5.26 Å². The van der Waals surface area contributed by atoms with E-state index >= 15 is 0 Å². The molecule has 0 spiro atoms. The van der Waals surface area contributed by atoms with Crippen molar-refractivity contribution in [2.75, 3.05) is 24.0 Å². The summed E-state index contributed by atoms with van der Waals surface area (Å²) in [5, 5.41) is 9.34. The van der Waals surface area contributed by atoms with E-state index in [9.17, 15) is 14.4 Å². The fourth-order valence-corrected chi connectivity index (χ4v) is 5.44. The second kappa shape index (κ2) is 9.21. The van der Waals surface area contributed by atoms with E-state index in [1.54, 1.807) is 29.8 Å². The molecule has 2 aromatic heterocycles. The number of nitrogens with zero attached hydrogens (tertiary/aromatic N) is 5. The van der Waals surface area contributed by atoms with Crippen LogP contribution >= 0.6 is 0 Å². The number of ether oxygens (including phenoxy) is 1. The average Bonchev–Trinajstić information content (AvgIpc) is 3.72. The zero-order valence-electron chi connectivity index (χ0n) is 20.4. The van der Waals surface area contributed by atoms with Gasteiger partial charge in [-0.15, -0.1) is 0 Å². The summed E-state index contributed by atoms with van der Waals surface area (Å²) in [6.07, 6.45) is 6.27. The number of methoxy groups -OCH3 is 1. The van der Waals surface area contributed by atoms with Crippen molar-refractivity contribution in [2.45, 2.75) is 56.7 Å². The minimum absolute atomic E-state index is 0.0929. The van der Waals surface area contributed by atoms with E-state index in [0.717, 1.165) is 55.4 Å². The number of rotatable bonds is 6. The lowest BCUT2D eigenvalue weighted by Gasteiger charge is -2.41. The Labute approximate surface area is 204 Å². The number of aromatic nitrogens is 2. The topological polar surface area (TPSA) is 74.4 Å².